The van der Waals surface area contributed by atoms with Crippen LogP contribution in [0.3, 0.4) is 0 Å². The molecule has 4 heteroatoms. The van der Waals surface area contributed by atoms with Crippen LogP contribution in [0.4, 0.5) is 5.82 Å². The molecule has 0 unspecified atom stereocenters. The Morgan fingerprint density at radius 3 is 2.89 bits per heavy atom. The quantitative estimate of drug-likeness (QED) is 0.867. The van der Waals surface area contributed by atoms with Crippen LogP contribution in [0.25, 0.3) is 10.9 Å². The van der Waals surface area contributed by atoms with E-state index >= 15 is 0 Å². The Morgan fingerprint density at radius 1 is 1.33 bits per heavy atom. The van der Waals surface area contributed by atoms with E-state index in [9.17, 15) is 0 Å². The summed E-state index contributed by atoms with van der Waals surface area (Å²) < 4.78 is 1.07. The highest BCUT2D eigenvalue weighted by atomic mass is 79.9. The van der Waals surface area contributed by atoms with Crippen LogP contribution in [-0.4, -0.2) is 23.6 Å². The van der Waals surface area contributed by atoms with Gasteiger partial charge >= 0.3 is 0 Å². The first-order valence-corrected chi connectivity index (χ1v) is 7.15. The van der Waals surface area contributed by atoms with Gasteiger partial charge in [0.05, 0.1) is 5.52 Å². The van der Waals surface area contributed by atoms with E-state index in [1.54, 1.807) is 6.33 Å². The highest BCUT2D eigenvalue weighted by Crippen LogP contribution is 2.30. The van der Waals surface area contributed by atoms with E-state index in [2.05, 4.69) is 43.9 Å². The number of aromatic nitrogens is 2. The fraction of sp³-hybridized carbons (Fsp3) is 0.429. The molecule has 2 aromatic rings. The van der Waals surface area contributed by atoms with E-state index in [4.69, 9.17) is 0 Å². The molecule has 1 aromatic carbocycles. The van der Waals surface area contributed by atoms with Gasteiger partial charge in [-0.3, -0.25) is 0 Å². The third kappa shape index (κ3) is 2.21. The predicted octanol–water partition coefficient (Wildman–Crippen LogP) is 3.63. The number of halogens is 1. The molecule has 1 aliphatic carbocycles. The van der Waals surface area contributed by atoms with Crippen LogP contribution in [0.5, 0.6) is 0 Å². The van der Waals surface area contributed by atoms with Gasteiger partial charge in [-0.05, 0) is 37.0 Å². The fourth-order valence-electron chi connectivity index (χ4n) is 2.47. The van der Waals surface area contributed by atoms with Crippen LogP contribution in [0.15, 0.2) is 29.0 Å². The largest absolute Gasteiger partial charge is 0.359 e. The summed E-state index contributed by atoms with van der Waals surface area (Å²) >= 11 is 3.52. The lowest BCUT2D eigenvalue weighted by molar-refractivity contribution is 0.321. The van der Waals surface area contributed by atoms with E-state index in [0.717, 1.165) is 33.7 Å². The first-order valence-electron chi connectivity index (χ1n) is 6.35. The number of hydrogen-bond acceptors (Lipinski definition) is 3. The number of hydrogen-bond donors (Lipinski definition) is 0. The van der Waals surface area contributed by atoms with Crippen LogP contribution in [0, 0.1) is 5.92 Å². The second-order valence-electron chi connectivity index (χ2n) is 5.04. The Kier molecular flexibility index (Phi) is 3.20. The van der Waals surface area contributed by atoms with Crippen molar-refractivity contribution < 1.29 is 0 Å². The van der Waals surface area contributed by atoms with E-state index in [1.807, 2.05) is 12.1 Å². The summed E-state index contributed by atoms with van der Waals surface area (Å²) in [5, 5.41) is 1.12. The summed E-state index contributed by atoms with van der Waals surface area (Å²) in [6.45, 7) is 1.10. The van der Waals surface area contributed by atoms with E-state index < -0.39 is 0 Å². The van der Waals surface area contributed by atoms with Gasteiger partial charge in [-0.2, -0.15) is 0 Å². The second kappa shape index (κ2) is 4.84. The maximum Gasteiger partial charge on any atom is 0.139 e. The highest BCUT2D eigenvalue weighted by molar-refractivity contribution is 9.10. The minimum atomic E-state index is 0.840. The van der Waals surface area contributed by atoms with Gasteiger partial charge in [-0.25, -0.2) is 9.97 Å². The van der Waals surface area contributed by atoms with Gasteiger partial charge in [0.15, 0.2) is 0 Å². The molecule has 0 spiro atoms. The maximum atomic E-state index is 4.45. The molecule has 1 aromatic heterocycles. The Balaban J connectivity index is 1.96. The summed E-state index contributed by atoms with van der Waals surface area (Å²) in [7, 11) is 2.13. The van der Waals surface area contributed by atoms with Crippen molar-refractivity contribution in [1.82, 2.24) is 9.97 Å². The van der Waals surface area contributed by atoms with E-state index in [-0.39, 0.29) is 0 Å². The molecule has 0 N–H and O–H groups in total. The lowest BCUT2D eigenvalue weighted by Gasteiger charge is -2.31. The number of benzene rings is 1. The van der Waals surface area contributed by atoms with Crippen molar-refractivity contribution in [3.63, 3.8) is 0 Å². The van der Waals surface area contributed by atoms with Gasteiger partial charge in [-0.1, -0.05) is 22.4 Å². The minimum Gasteiger partial charge on any atom is -0.359 e. The van der Waals surface area contributed by atoms with Crippen LogP contribution < -0.4 is 4.90 Å². The summed E-state index contributed by atoms with van der Waals surface area (Å²) in [5.74, 6) is 1.88. The Bertz CT molecular complexity index is 566. The monoisotopic (exact) mass is 305 g/mol. The normalized spacial score (nSPS) is 15.7. The molecule has 0 atom stereocenters. The van der Waals surface area contributed by atoms with Crippen molar-refractivity contribution in [3.05, 3.63) is 29.0 Å². The van der Waals surface area contributed by atoms with Crippen molar-refractivity contribution in [1.29, 1.82) is 0 Å². The van der Waals surface area contributed by atoms with Gasteiger partial charge in [0.2, 0.25) is 0 Å². The van der Waals surface area contributed by atoms with Gasteiger partial charge in [0.1, 0.15) is 12.1 Å². The molecule has 1 saturated carbocycles. The van der Waals surface area contributed by atoms with Gasteiger partial charge in [-0.15, -0.1) is 0 Å². The average molecular weight is 306 g/mol. The molecule has 18 heavy (non-hydrogen) atoms. The molecule has 0 amide bonds. The predicted molar refractivity (Wildman–Crippen MR) is 77.8 cm³/mol. The smallest absolute Gasteiger partial charge is 0.139 e. The third-order valence-corrected chi connectivity index (χ3v) is 4.19. The summed E-state index contributed by atoms with van der Waals surface area (Å²) in [6, 6.07) is 6.15. The molecule has 3 nitrogen and oxygen atoms in total. The van der Waals surface area contributed by atoms with Crippen LogP contribution in [0.1, 0.15) is 19.3 Å². The molecule has 1 aliphatic rings. The maximum absolute atomic E-state index is 4.45. The van der Waals surface area contributed by atoms with Crippen LogP contribution in [-0.2, 0) is 0 Å². The number of nitrogens with zero attached hydrogens (tertiary/aromatic N) is 3. The molecule has 1 fully saturated rings. The van der Waals surface area contributed by atoms with Crippen molar-refractivity contribution in [3.8, 4) is 0 Å². The third-order valence-electron chi connectivity index (χ3n) is 3.69. The number of anilines is 1. The Hall–Kier alpha value is -1.16. The molecule has 0 aliphatic heterocycles. The molecule has 94 valence electrons. The minimum absolute atomic E-state index is 0.840. The lowest BCUT2D eigenvalue weighted by atomic mass is 9.85. The molecule has 0 radical (unpaired) electrons. The highest BCUT2D eigenvalue weighted by Gasteiger charge is 2.20. The Morgan fingerprint density at radius 2 is 2.17 bits per heavy atom. The fourth-order valence-corrected chi connectivity index (χ4v) is 2.83. The molecular formula is C14H16BrN3. The molecule has 0 saturated heterocycles. The first kappa shape index (κ1) is 11.9. The van der Waals surface area contributed by atoms with Crippen molar-refractivity contribution in [2.45, 2.75) is 19.3 Å². The average Bonchev–Trinajstić information content (AvgIpc) is 2.32. The number of rotatable bonds is 3. The van der Waals surface area contributed by atoms with E-state index in [0.29, 0.717) is 0 Å². The van der Waals surface area contributed by atoms with Gasteiger partial charge < -0.3 is 4.90 Å². The second-order valence-corrected chi connectivity index (χ2v) is 5.95. The zero-order valence-corrected chi connectivity index (χ0v) is 12.0. The Labute approximate surface area is 115 Å². The van der Waals surface area contributed by atoms with Crippen molar-refractivity contribution >= 4 is 32.7 Å². The van der Waals surface area contributed by atoms with Crippen molar-refractivity contribution in [2.24, 2.45) is 5.92 Å². The standard InChI is InChI=1S/C14H16BrN3/c1-18(8-10-3-2-4-10)14-12-7-11(15)5-6-13(12)16-9-17-14/h5-7,9-10H,2-4,8H2,1H3. The van der Waals surface area contributed by atoms with Gasteiger partial charge in [0, 0.05) is 23.5 Å². The molecule has 3 rings (SSSR count). The van der Waals surface area contributed by atoms with Crippen molar-refractivity contribution in [2.75, 3.05) is 18.5 Å². The molecule has 0 bridgehead atoms. The van der Waals surface area contributed by atoms with Crippen LogP contribution in [0.2, 0.25) is 0 Å². The lowest BCUT2D eigenvalue weighted by Crippen LogP contribution is -2.30. The molecular weight excluding hydrogens is 290 g/mol. The zero-order chi connectivity index (χ0) is 12.5. The van der Waals surface area contributed by atoms with Gasteiger partial charge in [0.25, 0.3) is 0 Å². The number of fused-ring (bicyclic) bond motifs is 1. The first-order chi connectivity index (χ1) is 8.74. The topological polar surface area (TPSA) is 29.0 Å². The van der Waals surface area contributed by atoms with E-state index in [1.165, 1.54) is 19.3 Å². The summed E-state index contributed by atoms with van der Waals surface area (Å²) in [6.07, 6.45) is 5.76. The zero-order valence-electron chi connectivity index (χ0n) is 10.4. The summed E-state index contributed by atoms with van der Waals surface area (Å²) in [4.78, 5) is 11.0. The summed E-state index contributed by atoms with van der Waals surface area (Å²) in [5.41, 5.74) is 1.00. The molecule has 1 heterocycles. The SMILES string of the molecule is CN(CC1CCC1)c1ncnc2ccc(Br)cc12. The van der Waals surface area contributed by atoms with Crippen LogP contribution >= 0.6 is 15.9 Å².